The van der Waals surface area contributed by atoms with Crippen LogP contribution in [-0.4, -0.2) is 55.8 Å². The van der Waals surface area contributed by atoms with Gasteiger partial charge in [0.1, 0.15) is 18.3 Å². The molecule has 3 aromatic rings. The van der Waals surface area contributed by atoms with Crippen LogP contribution < -0.4 is 14.4 Å². The molecule has 0 fully saturated rings. The van der Waals surface area contributed by atoms with Crippen molar-refractivity contribution in [2.24, 2.45) is 0 Å². The summed E-state index contributed by atoms with van der Waals surface area (Å²) in [6, 6.07) is 18.4. The third-order valence-electron chi connectivity index (χ3n) is 6.26. The smallest absolute Gasteiger partial charge is 0.269 e. The van der Waals surface area contributed by atoms with Gasteiger partial charge in [-0.3, -0.25) is 24.0 Å². The average Bonchev–Trinajstić information content (AvgIpc) is 2.95. The van der Waals surface area contributed by atoms with Gasteiger partial charge in [-0.2, -0.15) is 0 Å². The number of hydrogen-bond donors (Lipinski definition) is 1. The van der Waals surface area contributed by atoms with Crippen LogP contribution in [0.3, 0.4) is 0 Å². The summed E-state index contributed by atoms with van der Waals surface area (Å²) in [5.74, 6) is -0.434. The molecule has 3 rings (SSSR count). The number of sulfonamides is 1. The molecule has 41 heavy (non-hydrogen) atoms. The van der Waals surface area contributed by atoms with E-state index in [1.165, 1.54) is 48.4 Å². The van der Waals surface area contributed by atoms with Gasteiger partial charge in [0.15, 0.2) is 0 Å². The number of nitro groups is 1. The van der Waals surface area contributed by atoms with E-state index in [2.05, 4.69) is 5.32 Å². The number of amides is 2. The topological polar surface area (TPSA) is 139 Å². The number of carbonyl (C=O) groups is 2. The van der Waals surface area contributed by atoms with Gasteiger partial charge in [-0.1, -0.05) is 37.3 Å². The van der Waals surface area contributed by atoms with Gasteiger partial charge in [-0.25, -0.2) is 8.42 Å². The van der Waals surface area contributed by atoms with Gasteiger partial charge in [0.05, 0.1) is 22.6 Å². The molecule has 2 amide bonds. The molecule has 0 aromatic heterocycles. The molecule has 0 spiro atoms. The highest BCUT2D eigenvalue weighted by Gasteiger charge is 2.34. The SMILES string of the molecule is CC[C@H](C(=O)NC(C)C)N(Cc1cccc(OC)c1)C(=O)CN(c1ccc([N+](=O)[O-])cc1)S(=O)(=O)c1ccccc1. The van der Waals surface area contributed by atoms with E-state index < -0.39 is 33.4 Å². The Balaban J connectivity index is 2.08. The molecule has 0 saturated heterocycles. The van der Waals surface area contributed by atoms with Gasteiger partial charge >= 0.3 is 0 Å². The molecule has 12 heteroatoms. The van der Waals surface area contributed by atoms with Crippen LogP contribution in [-0.2, 0) is 26.2 Å². The summed E-state index contributed by atoms with van der Waals surface area (Å²) in [5.41, 5.74) is 0.517. The van der Waals surface area contributed by atoms with Gasteiger partial charge in [-0.15, -0.1) is 0 Å². The summed E-state index contributed by atoms with van der Waals surface area (Å²) < 4.78 is 33.8. The van der Waals surface area contributed by atoms with Crippen molar-refractivity contribution in [3.63, 3.8) is 0 Å². The summed E-state index contributed by atoms with van der Waals surface area (Å²) in [5, 5.41) is 14.0. The lowest BCUT2D eigenvalue weighted by Gasteiger charge is -2.33. The molecule has 0 radical (unpaired) electrons. The van der Waals surface area contributed by atoms with Crippen molar-refractivity contribution < 1.29 is 27.7 Å². The first kappa shape index (κ1) is 31.1. The van der Waals surface area contributed by atoms with Crippen molar-refractivity contribution in [1.29, 1.82) is 0 Å². The monoisotopic (exact) mass is 582 g/mol. The Morgan fingerprint density at radius 1 is 1.00 bits per heavy atom. The van der Waals surface area contributed by atoms with E-state index in [0.717, 1.165) is 4.31 Å². The molecule has 0 unspecified atom stereocenters. The molecular formula is C29H34N4O7S. The van der Waals surface area contributed by atoms with Crippen molar-refractivity contribution in [3.05, 3.63) is 94.5 Å². The quantitative estimate of drug-likeness (QED) is 0.236. The van der Waals surface area contributed by atoms with Crippen LogP contribution in [0.4, 0.5) is 11.4 Å². The van der Waals surface area contributed by atoms with Crippen LogP contribution in [0.25, 0.3) is 0 Å². The highest BCUT2D eigenvalue weighted by molar-refractivity contribution is 7.92. The van der Waals surface area contributed by atoms with Gasteiger partial charge in [0, 0.05) is 24.7 Å². The van der Waals surface area contributed by atoms with Crippen LogP contribution in [0.5, 0.6) is 5.75 Å². The van der Waals surface area contributed by atoms with Crippen LogP contribution in [0.2, 0.25) is 0 Å². The number of methoxy groups -OCH3 is 1. The van der Waals surface area contributed by atoms with Crippen molar-refractivity contribution in [2.45, 2.75) is 50.7 Å². The minimum atomic E-state index is -4.28. The van der Waals surface area contributed by atoms with E-state index in [0.29, 0.717) is 11.3 Å². The Morgan fingerprint density at radius 2 is 1.66 bits per heavy atom. The minimum absolute atomic E-state index is 0.0134. The number of carbonyl (C=O) groups excluding carboxylic acids is 2. The molecule has 0 aliphatic heterocycles. The molecule has 0 saturated carbocycles. The molecule has 0 bridgehead atoms. The maximum Gasteiger partial charge on any atom is 0.269 e. The van der Waals surface area contributed by atoms with Crippen LogP contribution in [0.15, 0.2) is 83.8 Å². The zero-order valence-electron chi connectivity index (χ0n) is 23.4. The number of nitrogens with zero attached hydrogens (tertiary/aromatic N) is 3. The van der Waals surface area contributed by atoms with E-state index in [1.54, 1.807) is 49.4 Å². The van der Waals surface area contributed by atoms with Crippen LogP contribution >= 0.6 is 0 Å². The Morgan fingerprint density at radius 3 is 2.22 bits per heavy atom. The second-order valence-corrected chi connectivity index (χ2v) is 11.4. The van der Waals surface area contributed by atoms with Gasteiger partial charge in [0.25, 0.3) is 15.7 Å². The molecule has 1 N–H and O–H groups in total. The number of benzene rings is 3. The van der Waals surface area contributed by atoms with E-state index in [4.69, 9.17) is 4.74 Å². The molecule has 218 valence electrons. The minimum Gasteiger partial charge on any atom is -0.497 e. The summed E-state index contributed by atoms with van der Waals surface area (Å²) >= 11 is 0. The maximum absolute atomic E-state index is 14.0. The molecule has 3 aromatic carbocycles. The number of rotatable bonds is 13. The molecule has 1 atom stereocenters. The van der Waals surface area contributed by atoms with E-state index in [-0.39, 0.29) is 41.2 Å². The zero-order valence-corrected chi connectivity index (χ0v) is 24.2. The Hall–Kier alpha value is -4.45. The molecule has 11 nitrogen and oxygen atoms in total. The van der Waals surface area contributed by atoms with E-state index in [1.807, 2.05) is 13.8 Å². The van der Waals surface area contributed by atoms with Crippen molar-refractivity contribution in [1.82, 2.24) is 10.2 Å². The zero-order chi connectivity index (χ0) is 30.2. The Bertz CT molecular complexity index is 1460. The second kappa shape index (κ2) is 13.8. The molecule has 0 heterocycles. The Labute approximate surface area is 239 Å². The number of anilines is 1. The molecular weight excluding hydrogens is 548 g/mol. The van der Waals surface area contributed by atoms with Crippen LogP contribution in [0, 0.1) is 10.1 Å². The fourth-order valence-corrected chi connectivity index (χ4v) is 5.69. The van der Waals surface area contributed by atoms with Gasteiger partial charge in [0.2, 0.25) is 11.8 Å². The first-order chi connectivity index (χ1) is 19.5. The highest BCUT2D eigenvalue weighted by atomic mass is 32.2. The van der Waals surface area contributed by atoms with E-state index in [9.17, 15) is 28.1 Å². The normalized spacial score (nSPS) is 11.9. The average molecular weight is 583 g/mol. The summed E-state index contributed by atoms with van der Waals surface area (Å²) in [6.45, 7) is 4.75. The lowest BCUT2D eigenvalue weighted by atomic mass is 10.1. The van der Waals surface area contributed by atoms with Gasteiger partial charge in [-0.05, 0) is 62.2 Å². The number of nitro benzene ring substituents is 1. The molecule has 0 aliphatic carbocycles. The summed E-state index contributed by atoms with van der Waals surface area (Å²) in [4.78, 5) is 39.1. The second-order valence-electron chi connectivity index (χ2n) is 9.56. The number of nitrogens with one attached hydrogen (secondary N) is 1. The predicted molar refractivity (Wildman–Crippen MR) is 155 cm³/mol. The number of ether oxygens (including phenoxy) is 1. The lowest BCUT2D eigenvalue weighted by Crippen LogP contribution is -2.53. The number of hydrogen-bond acceptors (Lipinski definition) is 7. The maximum atomic E-state index is 14.0. The third kappa shape index (κ3) is 7.82. The largest absolute Gasteiger partial charge is 0.497 e. The number of non-ortho nitro benzene ring substituents is 1. The van der Waals surface area contributed by atoms with Crippen LogP contribution in [0.1, 0.15) is 32.8 Å². The standard InChI is InChI=1S/C29H34N4O7S/c1-5-27(29(35)30-21(2)3)31(19-22-10-9-11-25(18-22)40-4)28(34)20-32(23-14-16-24(17-15-23)33(36)37)41(38,39)26-12-7-6-8-13-26/h6-18,21,27H,5,19-20H2,1-4H3,(H,30,35)/t27-/m1/s1. The summed E-state index contributed by atoms with van der Waals surface area (Å²) in [6.07, 6.45) is 0.275. The lowest BCUT2D eigenvalue weighted by molar-refractivity contribution is -0.384. The van der Waals surface area contributed by atoms with Crippen molar-refractivity contribution >= 4 is 33.2 Å². The summed E-state index contributed by atoms with van der Waals surface area (Å²) in [7, 11) is -2.76. The third-order valence-corrected chi connectivity index (χ3v) is 8.05. The Kier molecular flexibility index (Phi) is 10.4. The predicted octanol–water partition coefficient (Wildman–Crippen LogP) is 4.13. The van der Waals surface area contributed by atoms with Gasteiger partial charge < -0.3 is 15.0 Å². The first-order valence-corrected chi connectivity index (χ1v) is 14.5. The van der Waals surface area contributed by atoms with Crippen molar-refractivity contribution in [3.8, 4) is 5.75 Å². The molecule has 0 aliphatic rings. The van der Waals surface area contributed by atoms with E-state index >= 15 is 0 Å². The fourth-order valence-electron chi connectivity index (χ4n) is 4.26. The first-order valence-electron chi connectivity index (χ1n) is 13.0. The fraction of sp³-hybridized carbons (Fsp3) is 0.310. The highest BCUT2D eigenvalue weighted by Crippen LogP contribution is 2.27. The van der Waals surface area contributed by atoms with Crippen molar-refractivity contribution in [2.75, 3.05) is 18.0 Å².